The molecule has 0 spiro atoms. The van der Waals surface area contributed by atoms with Gasteiger partial charge < -0.3 is 31.9 Å². The van der Waals surface area contributed by atoms with Crippen LogP contribution in [0.3, 0.4) is 0 Å². The van der Waals surface area contributed by atoms with E-state index >= 15 is 0 Å². The molecule has 0 aromatic heterocycles. The summed E-state index contributed by atoms with van der Waals surface area (Å²) in [5.41, 5.74) is 9.94. The van der Waals surface area contributed by atoms with Crippen molar-refractivity contribution in [2.45, 2.75) is 50.4 Å². The zero-order valence-electron chi connectivity index (χ0n) is 19.8. The van der Waals surface area contributed by atoms with Crippen molar-refractivity contribution in [2.24, 2.45) is 23.3 Å². The summed E-state index contributed by atoms with van der Waals surface area (Å²) in [5, 5.41) is 14.8. The zero-order valence-corrected chi connectivity index (χ0v) is 20.6. The zero-order chi connectivity index (χ0) is 26.0. The van der Waals surface area contributed by atoms with Gasteiger partial charge in [0.25, 0.3) is 0 Å². The molecule has 13 heteroatoms. The van der Waals surface area contributed by atoms with Crippen LogP contribution < -0.4 is 22.1 Å². The lowest BCUT2D eigenvalue weighted by atomic mass is 9.81. The highest BCUT2D eigenvalue weighted by molar-refractivity contribution is 5.85. The van der Waals surface area contributed by atoms with E-state index in [0.29, 0.717) is 38.5 Å². The van der Waals surface area contributed by atoms with Crippen molar-refractivity contribution in [2.75, 3.05) is 26.2 Å². The fourth-order valence-corrected chi connectivity index (χ4v) is 4.01. The average Bonchev–Trinajstić information content (AvgIpc) is 2.84. The standard InChI is InChI=1S/C18H23F3N2O3.C5H10N2O2.ClH/c19-18(20,21)14-3-1-2-12(8-14)9-15(17(25)26)23-16(24)13-6-4-11(10-22)5-7-13;6-5(8)4-3-7-1-2-9-4;/h1-3,8,11,13,15H,4-7,9-10,22H2,(H,23,24)(H,25,26);4,7H,1-3H2,(H2,6,8);1H. The Labute approximate surface area is 213 Å². The Bertz CT molecular complexity index is 860. The smallest absolute Gasteiger partial charge is 0.416 e. The van der Waals surface area contributed by atoms with Gasteiger partial charge >= 0.3 is 12.1 Å². The molecule has 1 saturated carbocycles. The van der Waals surface area contributed by atoms with Crippen LogP contribution in [0.4, 0.5) is 13.2 Å². The molecule has 9 nitrogen and oxygen atoms in total. The molecule has 1 aliphatic heterocycles. The Morgan fingerprint density at radius 3 is 2.33 bits per heavy atom. The SMILES string of the molecule is Cl.NC(=O)C1CNCCO1.NCC1CCC(C(=O)NC(Cc2cccc(C(F)(F)F)c2)C(=O)O)CC1. The molecule has 1 saturated heterocycles. The van der Waals surface area contributed by atoms with Crippen molar-refractivity contribution >= 4 is 30.2 Å². The normalized spacial score (nSPS) is 22.7. The number of nitrogens with two attached hydrogens (primary N) is 2. The maximum absolute atomic E-state index is 12.8. The Morgan fingerprint density at radius 1 is 1.19 bits per heavy atom. The van der Waals surface area contributed by atoms with E-state index < -0.39 is 29.9 Å². The number of rotatable bonds is 7. The van der Waals surface area contributed by atoms with Gasteiger partial charge in [-0.25, -0.2) is 4.79 Å². The summed E-state index contributed by atoms with van der Waals surface area (Å²) < 4.78 is 43.4. The molecule has 36 heavy (non-hydrogen) atoms. The number of morpholine rings is 1. The topological polar surface area (TPSA) is 157 Å². The number of hydrogen-bond donors (Lipinski definition) is 5. The maximum atomic E-state index is 12.8. The number of hydrogen-bond acceptors (Lipinski definition) is 6. The fraction of sp³-hybridized carbons (Fsp3) is 0.609. The number of carbonyl (C=O) groups is 3. The molecule has 204 valence electrons. The summed E-state index contributed by atoms with van der Waals surface area (Å²) in [5.74, 6) is -1.91. The fourth-order valence-electron chi connectivity index (χ4n) is 4.01. The second-order valence-corrected chi connectivity index (χ2v) is 8.72. The van der Waals surface area contributed by atoms with Crippen molar-refractivity contribution in [3.05, 3.63) is 35.4 Å². The Hall–Kier alpha value is -2.41. The molecular formula is C23H34ClF3N4O5. The van der Waals surface area contributed by atoms with Crippen molar-refractivity contribution < 1.29 is 37.4 Å². The van der Waals surface area contributed by atoms with Gasteiger partial charge in [-0.2, -0.15) is 13.2 Å². The Kier molecular flexibility index (Phi) is 13.2. The minimum atomic E-state index is -4.50. The maximum Gasteiger partial charge on any atom is 0.416 e. The third-order valence-electron chi connectivity index (χ3n) is 6.10. The van der Waals surface area contributed by atoms with Gasteiger partial charge in [0.1, 0.15) is 12.1 Å². The van der Waals surface area contributed by atoms with Crippen LogP contribution in [0.2, 0.25) is 0 Å². The molecule has 1 aromatic rings. The van der Waals surface area contributed by atoms with Gasteiger partial charge in [0, 0.05) is 25.4 Å². The van der Waals surface area contributed by atoms with Crippen molar-refractivity contribution in [1.82, 2.24) is 10.6 Å². The van der Waals surface area contributed by atoms with E-state index in [9.17, 15) is 32.7 Å². The lowest BCUT2D eigenvalue weighted by Crippen LogP contribution is -2.45. The van der Waals surface area contributed by atoms with Gasteiger partial charge in [-0.1, -0.05) is 18.2 Å². The number of halogens is 4. The number of alkyl halides is 3. The van der Waals surface area contributed by atoms with Gasteiger partial charge in [-0.3, -0.25) is 9.59 Å². The first-order chi connectivity index (χ1) is 16.5. The molecule has 0 bridgehead atoms. The largest absolute Gasteiger partial charge is 0.480 e. The Balaban J connectivity index is 0.000000546. The first-order valence-corrected chi connectivity index (χ1v) is 11.5. The van der Waals surface area contributed by atoms with Crippen molar-refractivity contribution in [3.8, 4) is 0 Å². The quantitative estimate of drug-likeness (QED) is 0.352. The first-order valence-electron chi connectivity index (χ1n) is 11.5. The summed E-state index contributed by atoms with van der Waals surface area (Å²) >= 11 is 0. The predicted molar refractivity (Wildman–Crippen MR) is 128 cm³/mol. The summed E-state index contributed by atoms with van der Waals surface area (Å²) in [6.07, 6.45) is -2.20. The predicted octanol–water partition coefficient (Wildman–Crippen LogP) is 1.46. The monoisotopic (exact) mass is 538 g/mol. The summed E-state index contributed by atoms with van der Waals surface area (Å²) in [6.45, 7) is 2.51. The molecule has 2 fully saturated rings. The molecule has 3 rings (SSSR count). The average molecular weight is 539 g/mol. The molecule has 1 heterocycles. The van der Waals surface area contributed by atoms with Gasteiger partial charge in [0.15, 0.2) is 0 Å². The minimum absolute atomic E-state index is 0. The van der Waals surface area contributed by atoms with Crippen LogP contribution in [0.5, 0.6) is 0 Å². The summed E-state index contributed by atoms with van der Waals surface area (Å²) in [6, 6.07) is 3.22. The third-order valence-corrected chi connectivity index (χ3v) is 6.10. The number of carbonyl (C=O) groups excluding carboxylic acids is 2. The van der Waals surface area contributed by atoms with E-state index in [4.69, 9.17) is 16.2 Å². The van der Waals surface area contributed by atoms with E-state index in [2.05, 4.69) is 10.6 Å². The van der Waals surface area contributed by atoms with Crippen LogP contribution in [0.25, 0.3) is 0 Å². The van der Waals surface area contributed by atoms with Gasteiger partial charge in [0.2, 0.25) is 11.8 Å². The van der Waals surface area contributed by atoms with Crippen molar-refractivity contribution in [3.63, 3.8) is 0 Å². The van der Waals surface area contributed by atoms with E-state index in [0.717, 1.165) is 31.5 Å². The number of amides is 2. The number of ether oxygens (including phenoxy) is 1. The van der Waals surface area contributed by atoms with Gasteiger partial charge in [-0.15, -0.1) is 12.4 Å². The highest BCUT2D eigenvalue weighted by Gasteiger charge is 2.32. The van der Waals surface area contributed by atoms with E-state index in [1.54, 1.807) is 0 Å². The molecule has 2 unspecified atom stereocenters. The first kappa shape index (κ1) is 31.6. The van der Waals surface area contributed by atoms with Crippen molar-refractivity contribution in [1.29, 1.82) is 0 Å². The highest BCUT2D eigenvalue weighted by Crippen LogP contribution is 2.30. The summed E-state index contributed by atoms with van der Waals surface area (Å²) in [4.78, 5) is 34.2. The second kappa shape index (κ2) is 15.0. The van der Waals surface area contributed by atoms with E-state index in [1.807, 2.05) is 0 Å². The molecule has 2 atom stereocenters. The van der Waals surface area contributed by atoms with Crippen LogP contribution >= 0.6 is 12.4 Å². The highest BCUT2D eigenvalue weighted by atomic mass is 35.5. The van der Waals surface area contributed by atoms with Gasteiger partial charge in [-0.05, 0) is 49.8 Å². The number of primary amides is 1. The molecule has 2 amide bonds. The molecule has 1 aromatic carbocycles. The lowest BCUT2D eigenvalue weighted by Gasteiger charge is -2.28. The molecule has 0 radical (unpaired) electrons. The van der Waals surface area contributed by atoms with E-state index in [1.165, 1.54) is 12.1 Å². The summed E-state index contributed by atoms with van der Waals surface area (Å²) in [7, 11) is 0. The third kappa shape index (κ3) is 10.3. The number of nitrogens with one attached hydrogen (secondary N) is 2. The molecule has 1 aliphatic carbocycles. The molecular weight excluding hydrogens is 505 g/mol. The van der Waals surface area contributed by atoms with Crippen LogP contribution in [0.15, 0.2) is 24.3 Å². The van der Waals surface area contributed by atoms with Crippen LogP contribution in [-0.2, 0) is 31.7 Å². The minimum Gasteiger partial charge on any atom is -0.480 e. The number of carboxylic acid groups (broad SMARTS) is 1. The number of benzene rings is 1. The second-order valence-electron chi connectivity index (χ2n) is 8.72. The number of aliphatic carboxylic acids is 1. The molecule has 2 aliphatic rings. The lowest BCUT2D eigenvalue weighted by molar-refractivity contribution is -0.142. The Morgan fingerprint density at radius 2 is 1.86 bits per heavy atom. The van der Waals surface area contributed by atoms with E-state index in [-0.39, 0.29) is 42.1 Å². The van der Waals surface area contributed by atoms with Crippen LogP contribution in [0.1, 0.15) is 36.8 Å². The molecule has 7 N–H and O–H groups in total. The van der Waals surface area contributed by atoms with Gasteiger partial charge in [0.05, 0.1) is 12.2 Å². The van der Waals surface area contributed by atoms with Crippen LogP contribution in [-0.4, -0.2) is 61.3 Å². The number of carboxylic acids is 1. The van der Waals surface area contributed by atoms with Crippen LogP contribution in [0, 0.1) is 11.8 Å².